The van der Waals surface area contributed by atoms with Crippen LogP contribution < -0.4 is 10.1 Å². The van der Waals surface area contributed by atoms with Crippen LogP contribution in [0.1, 0.15) is 89.6 Å². The largest absolute Gasteiger partial charge is 0.485 e. The van der Waals surface area contributed by atoms with Crippen LogP contribution in [0.3, 0.4) is 0 Å². The minimum atomic E-state index is -1.10. The first kappa shape index (κ1) is 46.3. The fourth-order valence-electron chi connectivity index (χ4n) is 8.03. The van der Waals surface area contributed by atoms with E-state index in [0.29, 0.717) is 70.2 Å². The summed E-state index contributed by atoms with van der Waals surface area (Å²) in [5, 5.41) is 11.4. The molecule has 6 aromatic rings. The first-order chi connectivity index (χ1) is 32.6. The van der Waals surface area contributed by atoms with E-state index in [0.717, 1.165) is 43.9 Å². The normalized spacial score (nSPS) is 14.9. The van der Waals surface area contributed by atoms with Gasteiger partial charge in [0, 0.05) is 79.2 Å². The van der Waals surface area contributed by atoms with Gasteiger partial charge in [-0.15, -0.1) is 10.2 Å². The molecule has 0 aliphatic carbocycles. The Labute approximate surface area is 385 Å². The number of aromatic nitrogens is 6. The number of amides is 4. The molecule has 0 saturated carbocycles. The number of pyridine rings is 2. The predicted molar refractivity (Wildman–Crippen MR) is 243 cm³/mol. The summed E-state index contributed by atoms with van der Waals surface area (Å²) in [6.07, 6.45) is 8.61. The number of carbonyl (C=O) groups excluding carboxylic acids is 6. The summed E-state index contributed by atoms with van der Waals surface area (Å²) < 4.78 is 24.5. The van der Waals surface area contributed by atoms with Crippen molar-refractivity contribution in [3.05, 3.63) is 102 Å². The Bertz CT molecular complexity index is 2800. The van der Waals surface area contributed by atoms with E-state index in [9.17, 15) is 28.8 Å². The molecule has 2 aromatic carbocycles. The summed E-state index contributed by atoms with van der Waals surface area (Å²) in [5.74, 6) is -1.89. The van der Waals surface area contributed by atoms with E-state index >= 15 is 0 Å². The van der Waals surface area contributed by atoms with E-state index in [1.54, 1.807) is 12.5 Å². The molecule has 18 heteroatoms. The topological polar surface area (TPSA) is 227 Å². The minimum absolute atomic E-state index is 0.00962. The maximum Gasteiger partial charge on any atom is 0.266 e. The summed E-state index contributed by atoms with van der Waals surface area (Å²) >= 11 is 0. The van der Waals surface area contributed by atoms with Gasteiger partial charge in [-0.2, -0.15) is 0 Å². The van der Waals surface area contributed by atoms with Gasteiger partial charge in [-0.3, -0.25) is 44.0 Å². The molecule has 2 N–H and O–H groups in total. The Morgan fingerprint density at radius 1 is 0.791 bits per heavy atom. The molecule has 0 bridgehead atoms. The molecule has 0 radical (unpaired) electrons. The van der Waals surface area contributed by atoms with Crippen LogP contribution in [-0.2, 0) is 28.6 Å². The number of rotatable bonds is 23. The summed E-state index contributed by atoms with van der Waals surface area (Å²) in [6, 6.07) is 17.7. The van der Waals surface area contributed by atoms with Gasteiger partial charge in [0.1, 0.15) is 30.4 Å². The number of ether oxygens (including phenoxy) is 4. The van der Waals surface area contributed by atoms with Crippen LogP contribution in [0.5, 0.6) is 5.75 Å². The second-order valence-electron chi connectivity index (χ2n) is 16.4. The fourth-order valence-corrected chi connectivity index (χ4v) is 8.03. The molecule has 1 unspecified atom stereocenters. The first-order valence-corrected chi connectivity index (χ1v) is 22.3. The predicted octanol–water partition coefficient (Wildman–Crippen LogP) is 5.97. The monoisotopic (exact) mass is 910 g/mol. The molecule has 18 nitrogen and oxygen atoms in total. The Morgan fingerprint density at radius 3 is 2.25 bits per heavy atom. The van der Waals surface area contributed by atoms with Gasteiger partial charge in [-0.25, -0.2) is 4.98 Å². The number of H-pyrrole nitrogens is 1. The summed E-state index contributed by atoms with van der Waals surface area (Å²) in [5.41, 5.74) is 5.94. The third-order valence-electron chi connectivity index (χ3n) is 11.5. The Kier molecular flexibility index (Phi) is 14.7. The highest BCUT2D eigenvalue weighted by molar-refractivity contribution is 6.24. The number of ketones is 2. The van der Waals surface area contributed by atoms with E-state index in [2.05, 4.69) is 62.5 Å². The highest BCUT2D eigenvalue weighted by atomic mass is 16.5. The number of hydrogen-bond donors (Lipinski definition) is 2. The van der Waals surface area contributed by atoms with E-state index in [1.807, 2.05) is 41.2 Å². The number of carbonyl (C=O) groups is 6. The highest BCUT2D eigenvalue weighted by Gasteiger charge is 2.46. The second kappa shape index (κ2) is 21.4. The standard InChI is InChI=1S/C49H50N8O10/c1-30(2)56-29-52-55-46(56)32-12-10-31(11-13-32)33-24-34(27-50-26-33)36-16-17-51-45-38(36)25-39(53-45)41(59)8-5-19-65-21-23-66-22-20-64-18-4-6-35(58)28-67-42-9-3-7-37-44(42)49(63)57(48(37)62)40-14-15-43(60)54-47(40)61/h3,7,9-13,16-17,24-27,29-30,40H,4-6,8,14-15,18-23,28H2,1-2H3,(H,51,53)(H,54,60,61). The summed E-state index contributed by atoms with van der Waals surface area (Å²) in [4.78, 5) is 88.9. The smallest absolute Gasteiger partial charge is 0.266 e. The zero-order valence-electron chi connectivity index (χ0n) is 37.2. The van der Waals surface area contributed by atoms with Crippen LogP contribution >= 0.6 is 0 Å². The summed E-state index contributed by atoms with van der Waals surface area (Å²) in [7, 11) is 0. The molecular formula is C49H50N8O10. The molecule has 2 aliphatic heterocycles. The van der Waals surface area contributed by atoms with Gasteiger partial charge in [0.25, 0.3) is 11.8 Å². The Balaban J connectivity index is 0.693. The third-order valence-corrected chi connectivity index (χ3v) is 11.5. The van der Waals surface area contributed by atoms with Gasteiger partial charge in [-0.05, 0) is 74.6 Å². The maximum absolute atomic E-state index is 13.2. The molecule has 67 heavy (non-hydrogen) atoms. The quantitative estimate of drug-likeness (QED) is 0.0429. The van der Waals surface area contributed by atoms with Gasteiger partial charge < -0.3 is 28.5 Å². The molecule has 1 fully saturated rings. The lowest BCUT2D eigenvalue weighted by molar-refractivity contribution is -0.136. The van der Waals surface area contributed by atoms with Crippen LogP contribution in [0.2, 0.25) is 0 Å². The molecule has 2 aliphatic rings. The molecule has 8 rings (SSSR count). The van der Waals surface area contributed by atoms with Crippen molar-refractivity contribution in [3.8, 4) is 39.4 Å². The number of Topliss-reactive ketones (excluding diaryl/α,β-unsaturated/α-hetero) is 2. The minimum Gasteiger partial charge on any atom is -0.485 e. The molecule has 1 saturated heterocycles. The number of benzene rings is 2. The zero-order valence-corrected chi connectivity index (χ0v) is 37.2. The van der Waals surface area contributed by atoms with Gasteiger partial charge in [-0.1, -0.05) is 30.3 Å². The van der Waals surface area contributed by atoms with Crippen LogP contribution in [0.15, 0.2) is 85.6 Å². The maximum atomic E-state index is 13.2. The molecular weight excluding hydrogens is 861 g/mol. The van der Waals surface area contributed by atoms with Crippen LogP contribution in [-0.4, -0.2) is 122 Å². The number of piperidine rings is 1. The number of nitrogens with zero attached hydrogens (tertiary/aromatic N) is 6. The number of hydrogen-bond acceptors (Lipinski definition) is 14. The zero-order chi connectivity index (χ0) is 46.9. The van der Waals surface area contributed by atoms with E-state index < -0.39 is 29.7 Å². The van der Waals surface area contributed by atoms with Crippen molar-refractivity contribution in [2.24, 2.45) is 0 Å². The highest BCUT2D eigenvalue weighted by Crippen LogP contribution is 2.35. The van der Waals surface area contributed by atoms with Crippen molar-refractivity contribution in [1.29, 1.82) is 0 Å². The second-order valence-corrected chi connectivity index (χ2v) is 16.4. The molecule has 6 heterocycles. The molecule has 4 amide bonds. The number of fused-ring (bicyclic) bond motifs is 2. The molecule has 4 aromatic heterocycles. The number of nitrogens with one attached hydrogen (secondary N) is 2. The lowest BCUT2D eigenvalue weighted by Crippen LogP contribution is -2.54. The number of imide groups is 2. The molecule has 1 atom stereocenters. The van der Waals surface area contributed by atoms with Crippen molar-refractivity contribution in [2.45, 2.75) is 64.5 Å². The van der Waals surface area contributed by atoms with Crippen molar-refractivity contribution in [2.75, 3.05) is 46.2 Å². The van der Waals surface area contributed by atoms with Gasteiger partial charge >= 0.3 is 0 Å². The lowest BCUT2D eigenvalue weighted by Gasteiger charge is -2.27. The van der Waals surface area contributed by atoms with Crippen LogP contribution in [0.4, 0.5) is 0 Å². The van der Waals surface area contributed by atoms with Gasteiger partial charge in [0.15, 0.2) is 17.4 Å². The number of aromatic amines is 1. The first-order valence-electron chi connectivity index (χ1n) is 22.3. The van der Waals surface area contributed by atoms with Crippen molar-refractivity contribution in [3.63, 3.8) is 0 Å². The van der Waals surface area contributed by atoms with E-state index in [1.165, 1.54) is 18.2 Å². The average Bonchev–Trinajstić information content (AvgIpc) is 4.07. The summed E-state index contributed by atoms with van der Waals surface area (Å²) in [6.45, 7) is 5.99. The van der Waals surface area contributed by atoms with E-state index in [4.69, 9.17) is 18.9 Å². The molecule has 346 valence electrons. The third kappa shape index (κ3) is 10.7. The van der Waals surface area contributed by atoms with Gasteiger partial charge in [0.05, 0.1) is 43.2 Å². The van der Waals surface area contributed by atoms with Crippen molar-refractivity contribution >= 4 is 46.2 Å². The average molecular weight is 911 g/mol. The van der Waals surface area contributed by atoms with Crippen LogP contribution in [0, 0.1) is 0 Å². The lowest BCUT2D eigenvalue weighted by atomic mass is 10.00. The SMILES string of the molecule is CC(C)n1cnnc1-c1ccc(-c2cncc(-c3ccnc4[nH]c(C(=O)CCCOCCOCCOCCCC(=O)COc5cccc6c5C(=O)N(C5CCC(=O)NC5=O)C6=O)cc34)c2)cc1. The Morgan fingerprint density at radius 2 is 1.51 bits per heavy atom. The fraction of sp³-hybridized carbons (Fsp3) is 0.347. The van der Waals surface area contributed by atoms with Crippen molar-refractivity contribution in [1.82, 2.24) is 39.9 Å². The molecule has 0 spiro atoms. The Hall–Kier alpha value is -7.28. The van der Waals surface area contributed by atoms with Crippen LogP contribution in [0.25, 0.3) is 44.7 Å². The van der Waals surface area contributed by atoms with Gasteiger partial charge in [0.2, 0.25) is 11.8 Å². The van der Waals surface area contributed by atoms with E-state index in [-0.39, 0.29) is 60.4 Å². The van der Waals surface area contributed by atoms with Crippen molar-refractivity contribution < 1.29 is 47.7 Å².